The van der Waals surface area contributed by atoms with E-state index in [1.807, 2.05) is 0 Å². The summed E-state index contributed by atoms with van der Waals surface area (Å²) in [6, 6.07) is 6.57. The highest BCUT2D eigenvalue weighted by molar-refractivity contribution is 7.89. The Morgan fingerprint density at radius 1 is 1.16 bits per heavy atom. The number of imidazole rings is 1. The molecule has 0 radical (unpaired) electrons. The zero-order valence-electron chi connectivity index (χ0n) is 18.1. The van der Waals surface area contributed by atoms with Crippen molar-refractivity contribution >= 4 is 21.8 Å². The summed E-state index contributed by atoms with van der Waals surface area (Å²) in [6.45, 7) is 3.65. The molecular formula is C21H27N3O6S. The van der Waals surface area contributed by atoms with Gasteiger partial charge in [-0.2, -0.15) is 4.31 Å². The van der Waals surface area contributed by atoms with Gasteiger partial charge in [0.25, 0.3) is 10.0 Å². The summed E-state index contributed by atoms with van der Waals surface area (Å²) in [7, 11) is -0.435. The highest BCUT2D eigenvalue weighted by Crippen LogP contribution is 2.25. The first kappa shape index (κ1) is 23.0. The predicted molar refractivity (Wildman–Crippen MR) is 112 cm³/mol. The third-order valence-corrected chi connectivity index (χ3v) is 7.28. The van der Waals surface area contributed by atoms with Crippen LogP contribution in [0.2, 0.25) is 0 Å². The van der Waals surface area contributed by atoms with Crippen molar-refractivity contribution in [1.82, 2.24) is 13.9 Å². The van der Waals surface area contributed by atoms with Gasteiger partial charge < -0.3 is 14.0 Å². The zero-order chi connectivity index (χ0) is 22.8. The van der Waals surface area contributed by atoms with Crippen LogP contribution in [-0.4, -0.2) is 60.3 Å². The molecule has 0 aliphatic carbocycles. The summed E-state index contributed by atoms with van der Waals surface area (Å²) in [6.07, 6.45) is 1.21. The second-order valence-electron chi connectivity index (χ2n) is 7.59. The first-order valence-electron chi connectivity index (χ1n) is 10.0. The molecule has 1 aliphatic rings. The van der Waals surface area contributed by atoms with Gasteiger partial charge in [-0.1, -0.05) is 0 Å². The van der Waals surface area contributed by atoms with Gasteiger partial charge >= 0.3 is 5.97 Å². The number of esters is 1. The number of aromatic nitrogens is 2. The number of ketones is 1. The van der Waals surface area contributed by atoms with Crippen molar-refractivity contribution in [2.45, 2.75) is 37.8 Å². The van der Waals surface area contributed by atoms with Crippen LogP contribution in [0.4, 0.5) is 0 Å². The average molecular weight is 450 g/mol. The summed E-state index contributed by atoms with van der Waals surface area (Å²) < 4.78 is 39.0. The number of methoxy groups -OCH3 is 1. The van der Waals surface area contributed by atoms with Crippen molar-refractivity contribution in [3.8, 4) is 5.75 Å². The fourth-order valence-corrected chi connectivity index (χ4v) is 4.92. The van der Waals surface area contributed by atoms with Crippen LogP contribution in [0.1, 0.15) is 35.9 Å². The number of Topliss-reactive ketones (excluding diaryl/α,β-unsaturated/α-hetero) is 1. The van der Waals surface area contributed by atoms with Crippen LogP contribution in [0.3, 0.4) is 0 Å². The van der Waals surface area contributed by atoms with Gasteiger partial charge in [-0.05, 0) is 51.0 Å². The Balaban J connectivity index is 1.56. The molecule has 1 aromatic carbocycles. The first-order valence-corrected chi connectivity index (χ1v) is 11.5. The number of benzene rings is 1. The van der Waals surface area contributed by atoms with Crippen LogP contribution < -0.4 is 4.74 Å². The topological polar surface area (TPSA) is 108 Å². The first-order chi connectivity index (χ1) is 14.6. The molecule has 0 amide bonds. The molecule has 168 valence electrons. The van der Waals surface area contributed by atoms with Crippen LogP contribution in [0.5, 0.6) is 5.75 Å². The summed E-state index contributed by atoms with van der Waals surface area (Å²) in [5.41, 5.74) is 0.424. The molecule has 0 spiro atoms. The summed E-state index contributed by atoms with van der Waals surface area (Å²) in [5, 5.41) is 0.00670. The van der Waals surface area contributed by atoms with Gasteiger partial charge in [-0.25, -0.2) is 13.4 Å². The molecular weight excluding hydrogens is 422 g/mol. The molecule has 2 aromatic rings. The zero-order valence-corrected chi connectivity index (χ0v) is 18.9. The minimum Gasteiger partial charge on any atom is -0.497 e. The van der Waals surface area contributed by atoms with Crippen molar-refractivity contribution in [1.29, 1.82) is 0 Å². The van der Waals surface area contributed by atoms with E-state index in [1.54, 1.807) is 42.8 Å². The SMILES string of the molecule is COc1ccc(C(=O)C(C)OC(=O)C2CCN(S(=O)(=O)c3cn(C)c(C)n3)CC2)cc1. The Labute approximate surface area is 182 Å². The lowest BCUT2D eigenvalue weighted by Crippen LogP contribution is -2.41. The number of rotatable bonds is 7. The van der Waals surface area contributed by atoms with Gasteiger partial charge in [0.15, 0.2) is 11.1 Å². The third kappa shape index (κ3) is 4.96. The molecule has 1 fully saturated rings. The summed E-state index contributed by atoms with van der Waals surface area (Å²) in [5.74, 6) is -0.0130. The standard InChI is InChI=1S/C21H27N3O6S/c1-14(20(25)16-5-7-18(29-4)8-6-16)30-21(26)17-9-11-24(12-10-17)31(27,28)19-13-23(3)15(2)22-19/h5-8,13-14,17H,9-12H2,1-4H3. The Hall–Kier alpha value is -2.72. The van der Waals surface area contributed by atoms with E-state index in [9.17, 15) is 18.0 Å². The highest BCUT2D eigenvalue weighted by atomic mass is 32.2. The van der Waals surface area contributed by atoms with Gasteiger partial charge in [-0.3, -0.25) is 9.59 Å². The maximum Gasteiger partial charge on any atom is 0.309 e. The van der Waals surface area contributed by atoms with Crippen molar-refractivity contribution in [3.63, 3.8) is 0 Å². The van der Waals surface area contributed by atoms with E-state index >= 15 is 0 Å². The number of nitrogens with zero attached hydrogens (tertiary/aromatic N) is 3. The number of carbonyl (C=O) groups excluding carboxylic acids is 2. The molecule has 2 heterocycles. The molecule has 0 bridgehead atoms. The van der Waals surface area contributed by atoms with Crippen molar-refractivity contribution in [2.24, 2.45) is 13.0 Å². The number of hydrogen-bond donors (Lipinski definition) is 0. The number of ether oxygens (including phenoxy) is 2. The molecule has 10 heteroatoms. The number of piperidine rings is 1. The molecule has 1 aliphatic heterocycles. The molecule has 1 unspecified atom stereocenters. The molecule has 0 N–H and O–H groups in total. The lowest BCUT2D eigenvalue weighted by Gasteiger charge is -2.30. The Kier molecular flexibility index (Phi) is 6.80. The third-order valence-electron chi connectivity index (χ3n) is 5.51. The van der Waals surface area contributed by atoms with Crippen LogP contribution >= 0.6 is 0 Å². The summed E-state index contributed by atoms with van der Waals surface area (Å²) >= 11 is 0. The number of sulfonamides is 1. The largest absolute Gasteiger partial charge is 0.497 e. The van der Waals surface area contributed by atoms with Crippen LogP contribution in [0.15, 0.2) is 35.5 Å². The van der Waals surface area contributed by atoms with Gasteiger partial charge in [0, 0.05) is 31.9 Å². The van der Waals surface area contributed by atoms with E-state index in [2.05, 4.69) is 4.98 Å². The Bertz CT molecular complexity index is 1030. The smallest absolute Gasteiger partial charge is 0.309 e. The van der Waals surface area contributed by atoms with Gasteiger partial charge in [0.2, 0.25) is 5.78 Å². The van der Waals surface area contributed by atoms with Gasteiger partial charge in [-0.15, -0.1) is 0 Å². The number of aryl methyl sites for hydroxylation is 2. The van der Waals surface area contributed by atoms with E-state index in [4.69, 9.17) is 9.47 Å². The van der Waals surface area contributed by atoms with E-state index in [0.29, 0.717) is 30.0 Å². The van der Waals surface area contributed by atoms with Crippen LogP contribution in [-0.2, 0) is 26.6 Å². The van der Waals surface area contributed by atoms with Gasteiger partial charge in [0.05, 0.1) is 13.0 Å². The van der Waals surface area contributed by atoms with E-state index in [0.717, 1.165) is 0 Å². The van der Waals surface area contributed by atoms with Crippen molar-refractivity contribution in [2.75, 3.05) is 20.2 Å². The fraction of sp³-hybridized carbons (Fsp3) is 0.476. The minimum absolute atomic E-state index is 0.00670. The van der Waals surface area contributed by atoms with Crippen molar-refractivity contribution in [3.05, 3.63) is 41.9 Å². The molecule has 1 aromatic heterocycles. The normalized spacial score (nSPS) is 16.6. The maximum atomic E-state index is 12.8. The molecule has 31 heavy (non-hydrogen) atoms. The van der Waals surface area contributed by atoms with Gasteiger partial charge in [0.1, 0.15) is 11.6 Å². The minimum atomic E-state index is -3.71. The second-order valence-corrected chi connectivity index (χ2v) is 9.47. The van der Waals surface area contributed by atoms with Crippen LogP contribution in [0, 0.1) is 12.8 Å². The molecule has 1 saturated heterocycles. The fourth-order valence-electron chi connectivity index (χ4n) is 3.43. The molecule has 1 atom stereocenters. The molecule has 9 nitrogen and oxygen atoms in total. The lowest BCUT2D eigenvalue weighted by molar-refractivity contribution is -0.152. The van der Waals surface area contributed by atoms with Crippen molar-refractivity contribution < 1.29 is 27.5 Å². The quantitative estimate of drug-likeness (QED) is 0.470. The average Bonchev–Trinajstić information content (AvgIpc) is 3.12. The number of hydrogen-bond acceptors (Lipinski definition) is 7. The monoisotopic (exact) mass is 449 g/mol. The summed E-state index contributed by atoms with van der Waals surface area (Å²) in [4.78, 5) is 29.2. The van der Waals surface area contributed by atoms with E-state index in [1.165, 1.54) is 24.5 Å². The lowest BCUT2D eigenvalue weighted by atomic mass is 9.98. The molecule has 0 saturated carbocycles. The maximum absolute atomic E-state index is 12.8. The number of carbonyl (C=O) groups is 2. The van der Waals surface area contributed by atoms with E-state index in [-0.39, 0.29) is 23.9 Å². The second kappa shape index (κ2) is 9.19. The Morgan fingerprint density at radius 3 is 2.29 bits per heavy atom. The predicted octanol–water partition coefficient (Wildman–Crippen LogP) is 1.95. The molecule has 3 rings (SSSR count). The Morgan fingerprint density at radius 2 is 1.77 bits per heavy atom. The highest BCUT2D eigenvalue weighted by Gasteiger charge is 2.35. The van der Waals surface area contributed by atoms with E-state index < -0.39 is 28.0 Å². The van der Waals surface area contributed by atoms with Crippen LogP contribution in [0.25, 0.3) is 0 Å².